The molecule has 6 heteroatoms. The lowest BCUT2D eigenvalue weighted by Crippen LogP contribution is -2.11. The average Bonchev–Trinajstić information content (AvgIpc) is 3.38. The summed E-state index contributed by atoms with van der Waals surface area (Å²) < 4.78 is 2.12. The van der Waals surface area contributed by atoms with E-state index in [1.165, 1.54) is 12.8 Å². The Bertz CT molecular complexity index is 792. The molecular formula is C18H20N6. The smallest absolute Gasteiger partial charge is 0.224 e. The monoisotopic (exact) mass is 320 g/mol. The summed E-state index contributed by atoms with van der Waals surface area (Å²) in [6.07, 6.45) is 6.14. The van der Waals surface area contributed by atoms with Crippen LogP contribution in [0.1, 0.15) is 24.4 Å². The van der Waals surface area contributed by atoms with Crippen LogP contribution in [0.2, 0.25) is 0 Å². The van der Waals surface area contributed by atoms with E-state index in [1.54, 1.807) is 6.33 Å². The third-order valence-electron chi connectivity index (χ3n) is 4.26. The van der Waals surface area contributed by atoms with E-state index in [-0.39, 0.29) is 0 Å². The molecule has 122 valence electrons. The summed E-state index contributed by atoms with van der Waals surface area (Å²) in [5.74, 6) is 1.76. The first-order valence-corrected chi connectivity index (χ1v) is 8.18. The molecule has 4 rings (SSSR count). The van der Waals surface area contributed by atoms with Crippen molar-refractivity contribution >= 4 is 17.5 Å². The van der Waals surface area contributed by atoms with Gasteiger partial charge in [-0.2, -0.15) is 0 Å². The third kappa shape index (κ3) is 3.08. The molecule has 2 heterocycles. The van der Waals surface area contributed by atoms with Crippen molar-refractivity contribution in [1.29, 1.82) is 0 Å². The molecule has 1 aliphatic rings. The van der Waals surface area contributed by atoms with E-state index in [0.29, 0.717) is 12.6 Å². The van der Waals surface area contributed by atoms with E-state index < -0.39 is 0 Å². The number of anilines is 3. The largest absolute Gasteiger partial charge is 0.350 e. The van der Waals surface area contributed by atoms with Crippen LogP contribution in [0.3, 0.4) is 0 Å². The summed E-state index contributed by atoms with van der Waals surface area (Å²) in [6, 6.07) is 14.9. The highest BCUT2D eigenvalue weighted by molar-refractivity contribution is 5.58. The van der Waals surface area contributed by atoms with Crippen molar-refractivity contribution in [2.24, 2.45) is 0 Å². The number of nitrogens with one attached hydrogen (secondary N) is 1. The van der Waals surface area contributed by atoms with Crippen LogP contribution < -0.4 is 10.2 Å². The molecule has 0 unspecified atom stereocenters. The predicted molar refractivity (Wildman–Crippen MR) is 94.4 cm³/mol. The fourth-order valence-electron chi connectivity index (χ4n) is 2.67. The van der Waals surface area contributed by atoms with Crippen LogP contribution >= 0.6 is 0 Å². The molecular weight excluding hydrogens is 300 g/mol. The molecule has 3 aromatic rings. The van der Waals surface area contributed by atoms with Crippen molar-refractivity contribution in [3.8, 4) is 0 Å². The number of hydrogen-bond donors (Lipinski definition) is 1. The maximum absolute atomic E-state index is 4.57. The number of rotatable bonds is 6. The van der Waals surface area contributed by atoms with Gasteiger partial charge in [0.2, 0.25) is 5.95 Å². The molecule has 0 saturated heterocycles. The van der Waals surface area contributed by atoms with Crippen molar-refractivity contribution in [3.05, 3.63) is 60.6 Å². The van der Waals surface area contributed by atoms with Crippen LogP contribution in [0.25, 0.3) is 0 Å². The Kier molecular flexibility index (Phi) is 3.86. The molecule has 1 fully saturated rings. The molecule has 0 amide bonds. The summed E-state index contributed by atoms with van der Waals surface area (Å²) in [4.78, 5) is 6.64. The lowest BCUT2D eigenvalue weighted by molar-refractivity contribution is 0.740. The van der Waals surface area contributed by atoms with Gasteiger partial charge in [0, 0.05) is 31.5 Å². The Hall–Kier alpha value is -2.89. The van der Waals surface area contributed by atoms with Crippen molar-refractivity contribution < 1.29 is 0 Å². The fraction of sp³-hybridized carbons (Fsp3) is 0.278. The second-order valence-electron chi connectivity index (χ2n) is 6.07. The Morgan fingerprint density at radius 1 is 1.17 bits per heavy atom. The number of hydrogen-bond acceptors (Lipinski definition) is 5. The van der Waals surface area contributed by atoms with E-state index in [9.17, 15) is 0 Å². The van der Waals surface area contributed by atoms with Crippen LogP contribution in [0.15, 0.2) is 55.0 Å². The van der Waals surface area contributed by atoms with Gasteiger partial charge in [-0.25, -0.2) is 4.98 Å². The van der Waals surface area contributed by atoms with Gasteiger partial charge in [0.05, 0.1) is 0 Å². The minimum absolute atomic E-state index is 0.572. The van der Waals surface area contributed by atoms with Gasteiger partial charge in [-0.1, -0.05) is 24.3 Å². The minimum Gasteiger partial charge on any atom is -0.350 e. The van der Waals surface area contributed by atoms with Gasteiger partial charge in [0.15, 0.2) is 0 Å². The third-order valence-corrected chi connectivity index (χ3v) is 4.26. The van der Waals surface area contributed by atoms with Crippen LogP contribution in [-0.4, -0.2) is 26.8 Å². The van der Waals surface area contributed by atoms with E-state index >= 15 is 0 Å². The summed E-state index contributed by atoms with van der Waals surface area (Å²) in [7, 11) is 2.02. The Morgan fingerprint density at radius 2 is 2.00 bits per heavy atom. The van der Waals surface area contributed by atoms with Crippen molar-refractivity contribution in [2.75, 3.05) is 17.3 Å². The van der Waals surface area contributed by atoms with Gasteiger partial charge in [-0.05, 0) is 36.6 Å². The summed E-state index contributed by atoms with van der Waals surface area (Å²) in [5, 5.41) is 11.5. The van der Waals surface area contributed by atoms with Gasteiger partial charge in [0.25, 0.3) is 0 Å². The second-order valence-corrected chi connectivity index (χ2v) is 6.07. The first-order chi connectivity index (χ1) is 11.8. The van der Waals surface area contributed by atoms with Crippen LogP contribution in [0, 0.1) is 0 Å². The lowest BCUT2D eigenvalue weighted by Gasteiger charge is -2.18. The molecule has 1 aliphatic carbocycles. The molecule has 0 aliphatic heterocycles. The molecule has 24 heavy (non-hydrogen) atoms. The number of pyridine rings is 1. The fourth-order valence-corrected chi connectivity index (χ4v) is 2.67. The van der Waals surface area contributed by atoms with E-state index in [2.05, 4.69) is 48.2 Å². The van der Waals surface area contributed by atoms with Crippen LogP contribution in [0.4, 0.5) is 17.5 Å². The number of aromatic nitrogens is 4. The van der Waals surface area contributed by atoms with Crippen LogP contribution in [-0.2, 0) is 6.54 Å². The summed E-state index contributed by atoms with van der Waals surface area (Å²) in [5.41, 5.74) is 2.24. The highest BCUT2D eigenvalue weighted by atomic mass is 15.3. The Balaban J connectivity index is 1.41. The van der Waals surface area contributed by atoms with Crippen LogP contribution in [0.5, 0.6) is 0 Å². The average molecular weight is 320 g/mol. The van der Waals surface area contributed by atoms with Crippen molar-refractivity contribution in [3.63, 3.8) is 0 Å². The summed E-state index contributed by atoms with van der Waals surface area (Å²) in [6.45, 7) is 0.688. The van der Waals surface area contributed by atoms with E-state index in [1.807, 2.05) is 37.5 Å². The zero-order valence-electron chi connectivity index (χ0n) is 13.6. The Labute approximate surface area is 141 Å². The molecule has 1 N–H and O–H groups in total. The first-order valence-electron chi connectivity index (χ1n) is 8.18. The molecule has 6 nitrogen and oxygen atoms in total. The van der Waals surface area contributed by atoms with E-state index in [4.69, 9.17) is 0 Å². The van der Waals surface area contributed by atoms with Crippen molar-refractivity contribution in [1.82, 2.24) is 19.7 Å². The Morgan fingerprint density at radius 3 is 2.71 bits per heavy atom. The van der Waals surface area contributed by atoms with Gasteiger partial charge in [-0.15, -0.1) is 10.2 Å². The van der Waals surface area contributed by atoms with Gasteiger partial charge in [0.1, 0.15) is 12.1 Å². The van der Waals surface area contributed by atoms with Gasteiger partial charge >= 0.3 is 0 Å². The quantitative estimate of drug-likeness (QED) is 0.754. The molecule has 2 aromatic heterocycles. The zero-order chi connectivity index (χ0) is 16.4. The molecule has 0 spiro atoms. The lowest BCUT2D eigenvalue weighted by atomic mass is 10.2. The molecule has 1 saturated carbocycles. The van der Waals surface area contributed by atoms with Crippen molar-refractivity contribution in [2.45, 2.75) is 25.4 Å². The molecule has 0 bridgehead atoms. The highest BCUT2D eigenvalue weighted by Gasteiger charge is 2.25. The molecule has 0 radical (unpaired) electrons. The maximum Gasteiger partial charge on any atom is 0.224 e. The maximum atomic E-state index is 4.57. The van der Waals surface area contributed by atoms with E-state index in [0.717, 1.165) is 23.0 Å². The SMILES string of the molecule is CN(c1ccccc1)c1ccc(CNc2nncn2C2CC2)cn1. The number of nitrogens with zero attached hydrogens (tertiary/aromatic N) is 5. The highest BCUT2D eigenvalue weighted by Crippen LogP contribution is 2.36. The van der Waals surface area contributed by atoms with Gasteiger partial charge in [-0.3, -0.25) is 4.57 Å². The predicted octanol–water partition coefficient (Wildman–Crippen LogP) is 3.39. The first kappa shape index (κ1) is 14.7. The second kappa shape index (κ2) is 6.31. The molecule has 0 atom stereocenters. The molecule has 1 aromatic carbocycles. The summed E-state index contributed by atoms with van der Waals surface area (Å²) >= 11 is 0. The normalized spacial score (nSPS) is 13.7. The standard InChI is InChI=1S/C18H20N6/c1-23(15-5-3-2-4-6-15)17-10-7-14(11-19-17)12-20-18-22-21-13-24(18)16-8-9-16/h2-7,10-11,13,16H,8-9,12H2,1H3,(H,20,22). The zero-order valence-corrected chi connectivity index (χ0v) is 13.6. The number of benzene rings is 1. The van der Waals surface area contributed by atoms with Gasteiger partial charge < -0.3 is 10.2 Å². The number of para-hydroxylation sites is 1. The topological polar surface area (TPSA) is 58.9 Å². The minimum atomic E-state index is 0.572.